The molecule has 0 radical (unpaired) electrons. The number of aliphatic hydroxyl groups is 3. The van der Waals surface area contributed by atoms with Crippen LogP contribution in [0.4, 0.5) is 11.5 Å². The molecule has 1 unspecified atom stereocenters. The minimum atomic E-state index is -1.23. The Balaban J connectivity index is 2.11. The second kappa shape index (κ2) is 5.67. The molecule has 4 N–H and O–H groups in total. The van der Waals surface area contributed by atoms with E-state index in [0.717, 1.165) is 6.20 Å². The van der Waals surface area contributed by atoms with Crippen molar-refractivity contribution in [3.8, 4) is 0 Å². The van der Waals surface area contributed by atoms with Crippen LogP contribution in [0.2, 0.25) is 0 Å². The number of pyridine rings is 1. The van der Waals surface area contributed by atoms with Crippen molar-refractivity contribution in [1.82, 2.24) is 4.98 Å². The van der Waals surface area contributed by atoms with Crippen LogP contribution in [0, 0.1) is 17.0 Å². The first-order valence-corrected chi connectivity index (χ1v) is 5.94. The Kier molecular flexibility index (Phi) is 4.14. The molecule has 110 valence electrons. The third-order valence-electron chi connectivity index (χ3n) is 3.11. The summed E-state index contributed by atoms with van der Waals surface area (Å²) in [5.74, 6) is 0.267. The highest BCUT2D eigenvalue weighted by atomic mass is 16.6. The van der Waals surface area contributed by atoms with Gasteiger partial charge in [-0.05, 0) is 13.0 Å². The number of nitrogens with one attached hydrogen (secondary N) is 1. The van der Waals surface area contributed by atoms with Crippen molar-refractivity contribution >= 4 is 11.5 Å². The number of aryl methyl sites for hydroxylation is 1. The number of nitrogens with zero attached hydrogens (tertiary/aromatic N) is 2. The SMILES string of the molecule is Cc1cc(NC2O[C@H](CO)[C@@H](O)[C@H]2O)ncc1[N+](=O)[O-]. The zero-order chi connectivity index (χ0) is 14.9. The molecule has 1 aromatic rings. The number of ether oxygens (including phenoxy) is 1. The first-order valence-electron chi connectivity index (χ1n) is 5.94. The third kappa shape index (κ3) is 2.70. The Bertz CT molecular complexity index is 511. The molecule has 9 nitrogen and oxygen atoms in total. The highest BCUT2D eigenvalue weighted by Crippen LogP contribution is 2.24. The molecule has 1 aliphatic heterocycles. The van der Waals surface area contributed by atoms with Crippen molar-refractivity contribution < 1.29 is 25.0 Å². The van der Waals surface area contributed by atoms with Gasteiger partial charge in [0.05, 0.1) is 11.5 Å². The second-order valence-electron chi connectivity index (χ2n) is 4.52. The average molecular weight is 285 g/mol. The fraction of sp³-hybridized carbons (Fsp3) is 0.545. The van der Waals surface area contributed by atoms with E-state index in [4.69, 9.17) is 9.84 Å². The van der Waals surface area contributed by atoms with E-state index in [2.05, 4.69) is 10.3 Å². The highest BCUT2D eigenvalue weighted by molar-refractivity contribution is 5.47. The zero-order valence-electron chi connectivity index (χ0n) is 10.6. The van der Waals surface area contributed by atoms with E-state index >= 15 is 0 Å². The van der Waals surface area contributed by atoms with Crippen LogP contribution in [-0.4, -0.2) is 56.4 Å². The standard InChI is InChI=1S/C11H15N3O6/c1-5-2-8(12-3-6(5)14(18)19)13-11-10(17)9(16)7(4-15)20-11/h2-3,7,9-11,15-17H,4H2,1H3,(H,12,13)/t7-,9-,10-,11?/m1/s1. The summed E-state index contributed by atoms with van der Waals surface area (Å²) in [4.78, 5) is 14.0. The molecule has 4 atom stereocenters. The summed E-state index contributed by atoms with van der Waals surface area (Å²) in [6, 6.07) is 1.44. The molecule has 0 spiro atoms. The van der Waals surface area contributed by atoms with E-state index < -0.39 is 36.1 Å². The number of hydrogen-bond donors (Lipinski definition) is 4. The molecule has 0 aromatic carbocycles. The van der Waals surface area contributed by atoms with Crippen LogP contribution in [0.5, 0.6) is 0 Å². The normalized spacial score (nSPS) is 29.4. The molecule has 1 fully saturated rings. The molecule has 1 aromatic heterocycles. The maximum atomic E-state index is 10.7. The lowest BCUT2D eigenvalue weighted by Gasteiger charge is -2.17. The van der Waals surface area contributed by atoms with E-state index in [-0.39, 0.29) is 11.5 Å². The summed E-state index contributed by atoms with van der Waals surface area (Å²) in [5, 5.41) is 41.7. The van der Waals surface area contributed by atoms with E-state index in [1.165, 1.54) is 6.07 Å². The lowest BCUT2D eigenvalue weighted by atomic mass is 10.1. The van der Waals surface area contributed by atoms with Gasteiger partial charge in [0.15, 0.2) is 6.23 Å². The van der Waals surface area contributed by atoms with Gasteiger partial charge < -0.3 is 25.4 Å². The molecule has 9 heteroatoms. The van der Waals surface area contributed by atoms with Crippen molar-refractivity contribution in [1.29, 1.82) is 0 Å². The number of aromatic nitrogens is 1. The Morgan fingerprint density at radius 2 is 2.20 bits per heavy atom. The molecule has 0 bridgehead atoms. The average Bonchev–Trinajstić information content (AvgIpc) is 2.66. The first kappa shape index (κ1) is 14.6. The van der Waals surface area contributed by atoms with Gasteiger partial charge in [0.25, 0.3) is 5.69 Å². The van der Waals surface area contributed by atoms with E-state index in [0.29, 0.717) is 5.56 Å². The molecule has 2 rings (SSSR count). The molecule has 0 saturated carbocycles. The van der Waals surface area contributed by atoms with Gasteiger partial charge >= 0.3 is 0 Å². The molecular formula is C11H15N3O6. The van der Waals surface area contributed by atoms with Gasteiger partial charge in [0, 0.05) is 5.56 Å². The minimum absolute atomic E-state index is 0.114. The maximum absolute atomic E-state index is 10.7. The smallest absolute Gasteiger partial charge is 0.290 e. The molecule has 0 aliphatic carbocycles. The Hall–Kier alpha value is -1.81. The van der Waals surface area contributed by atoms with Gasteiger partial charge in [0.1, 0.15) is 30.3 Å². The van der Waals surface area contributed by atoms with Crippen molar-refractivity contribution in [2.75, 3.05) is 11.9 Å². The zero-order valence-corrected chi connectivity index (χ0v) is 10.6. The van der Waals surface area contributed by atoms with Gasteiger partial charge in [0.2, 0.25) is 0 Å². The summed E-state index contributed by atoms with van der Waals surface area (Å²) in [6.07, 6.45) is -3.18. The quantitative estimate of drug-likeness (QED) is 0.414. The van der Waals surface area contributed by atoms with Gasteiger partial charge in [-0.15, -0.1) is 0 Å². The van der Waals surface area contributed by atoms with Crippen LogP contribution < -0.4 is 5.32 Å². The Morgan fingerprint density at radius 1 is 1.50 bits per heavy atom. The summed E-state index contributed by atoms with van der Waals surface area (Å²) < 4.78 is 5.22. The van der Waals surface area contributed by atoms with Crippen molar-refractivity contribution in [2.45, 2.75) is 31.5 Å². The largest absolute Gasteiger partial charge is 0.394 e. The number of rotatable bonds is 4. The van der Waals surface area contributed by atoms with Crippen molar-refractivity contribution in [2.24, 2.45) is 0 Å². The topological polar surface area (TPSA) is 138 Å². The first-order chi connectivity index (χ1) is 9.43. The van der Waals surface area contributed by atoms with Gasteiger partial charge in [-0.3, -0.25) is 10.1 Å². The van der Waals surface area contributed by atoms with Crippen LogP contribution in [0.3, 0.4) is 0 Å². The monoisotopic (exact) mass is 285 g/mol. The van der Waals surface area contributed by atoms with Gasteiger partial charge in [-0.2, -0.15) is 0 Å². The molecule has 1 aliphatic rings. The Morgan fingerprint density at radius 3 is 2.70 bits per heavy atom. The Labute approximate surface area is 114 Å². The van der Waals surface area contributed by atoms with E-state index in [9.17, 15) is 20.3 Å². The van der Waals surface area contributed by atoms with Crippen LogP contribution in [0.1, 0.15) is 5.56 Å². The summed E-state index contributed by atoms with van der Waals surface area (Å²) in [6.45, 7) is 1.13. The van der Waals surface area contributed by atoms with Gasteiger partial charge in [-0.25, -0.2) is 4.98 Å². The predicted octanol–water partition coefficient (Wildman–Crippen LogP) is -0.851. The molecular weight excluding hydrogens is 270 g/mol. The summed E-state index contributed by atoms with van der Waals surface area (Å²) in [7, 11) is 0. The van der Waals surface area contributed by atoms with E-state index in [1.54, 1.807) is 6.92 Å². The van der Waals surface area contributed by atoms with Crippen LogP contribution in [0.15, 0.2) is 12.3 Å². The fourth-order valence-corrected chi connectivity index (χ4v) is 1.98. The third-order valence-corrected chi connectivity index (χ3v) is 3.11. The number of nitro groups is 1. The molecule has 0 amide bonds. The molecule has 20 heavy (non-hydrogen) atoms. The summed E-state index contributed by atoms with van der Waals surface area (Å²) in [5.41, 5.74) is 0.288. The maximum Gasteiger partial charge on any atom is 0.290 e. The lowest BCUT2D eigenvalue weighted by Crippen LogP contribution is -2.36. The van der Waals surface area contributed by atoms with Crippen LogP contribution >= 0.6 is 0 Å². The number of hydrogen-bond acceptors (Lipinski definition) is 8. The van der Waals surface area contributed by atoms with Crippen LogP contribution in [0.25, 0.3) is 0 Å². The summed E-state index contributed by atoms with van der Waals surface area (Å²) >= 11 is 0. The predicted molar refractivity (Wildman–Crippen MR) is 67.0 cm³/mol. The van der Waals surface area contributed by atoms with E-state index in [1.807, 2.05) is 0 Å². The van der Waals surface area contributed by atoms with Crippen LogP contribution in [-0.2, 0) is 4.74 Å². The number of anilines is 1. The molecule has 2 heterocycles. The van der Waals surface area contributed by atoms with Gasteiger partial charge in [-0.1, -0.05) is 0 Å². The number of aliphatic hydroxyl groups excluding tert-OH is 3. The minimum Gasteiger partial charge on any atom is -0.394 e. The fourth-order valence-electron chi connectivity index (χ4n) is 1.98. The lowest BCUT2D eigenvalue weighted by molar-refractivity contribution is -0.385. The second-order valence-corrected chi connectivity index (χ2v) is 4.52. The highest BCUT2D eigenvalue weighted by Gasteiger charge is 2.42. The van der Waals surface area contributed by atoms with Crippen molar-refractivity contribution in [3.05, 3.63) is 27.9 Å². The molecule has 1 saturated heterocycles. The van der Waals surface area contributed by atoms with Crippen molar-refractivity contribution in [3.63, 3.8) is 0 Å².